The molecule has 2 heterocycles. The van der Waals surface area contributed by atoms with Gasteiger partial charge in [0, 0.05) is 18.8 Å². The maximum atomic E-state index is 5.41. The molecule has 0 saturated carbocycles. The summed E-state index contributed by atoms with van der Waals surface area (Å²) in [5.41, 5.74) is 3.50. The van der Waals surface area contributed by atoms with Crippen LogP contribution in [-0.4, -0.2) is 36.0 Å². The molecule has 0 aliphatic carbocycles. The van der Waals surface area contributed by atoms with Crippen LogP contribution >= 0.6 is 0 Å². The first-order chi connectivity index (χ1) is 12.3. The summed E-state index contributed by atoms with van der Waals surface area (Å²) in [6.07, 6.45) is 3.92. The highest BCUT2D eigenvalue weighted by atomic mass is 16.7. The van der Waals surface area contributed by atoms with Gasteiger partial charge in [0.2, 0.25) is 6.79 Å². The number of aliphatic imine (C=N–C) groups is 1. The number of ether oxygens (including phenoxy) is 2. The van der Waals surface area contributed by atoms with Crippen molar-refractivity contribution in [3.8, 4) is 11.5 Å². The molecule has 7 nitrogen and oxygen atoms in total. The van der Waals surface area contributed by atoms with Crippen molar-refractivity contribution in [3.63, 3.8) is 0 Å². The van der Waals surface area contributed by atoms with Gasteiger partial charge in [-0.2, -0.15) is 5.10 Å². The summed E-state index contributed by atoms with van der Waals surface area (Å²) in [5.74, 6) is 2.41. The van der Waals surface area contributed by atoms with E-state index in [9.17, 15) is 0 Å². The number of aryl methyl sites for hydroxylation is 2. The van der Waals surface area contributed by atoms with Crippen molar-refractivity contribution in [3.05, 3.63) is 41.2 Å². The van der Waals surface area contributed by atoms with E-state index in [1.807, 2.05) is 31.3 Å². The summed E-state index contributed by atoms with van der Waals surface area (Å²) >= 11 is 0. The van der Waals surface area contributed by atoms with E-state index in [4.69, 9.17) is 9.47 Å². The number of rotatable bonds is 7. The molecule has 0 spiro atoms. The molecule has 0 unspecified atom stereocenters. The average molecular weight is 343 g/mol. The van der Waals surface area contributed by atoms with Crippen molar-refractivity contribution in [2.24, 2.45) is 4.99 Å². The number of nitrogens with zero attached hydrogens (tertiary/aromatic N) is 2. The smallest absolute Gasteiger partial charge is 0.231 e. The van der Waals surface area contributed by atoms with Crippen molar-refractivity contribution in [1.82, 2.24) is 20.8 Å². The van der Waals surface area contributed by atoms with Crippen LogP contribution < -0.4 is 20.1 Å². The molecular weight excluding hydrogens is 318 g/mol. The summed E-state index contributed by atoms with van der Waals surface area (Å²) in [6, 6.07) is 5.93. The molecule has 134 valence electrons. The zero-order valence-corrected chi connectivity index (χ0v) is 14.8. The lowest BCUT2D eigenvalue weighted by molar-refractivity contribution is 0.174. The third kappa shape index (κ3) is 4.65. The minimum absolute atomic E-state index is 0.294. The molecule has 2 aromatic rings. The molecule has 0 atom stereocenters. The summed E-state index contributed by atoms with van der Waals surface area (Å²) in [4.78, 5) is 4.64. The number of hydrogen-bond acceptors (Lipinski definition) is 4. The molecule has 3 N–H and O–H groups in total. The Kier molecular flexibility index (Phi) is 5.77. The Morgan fingerprint density at radius 3 is 2.96 bits per heavy atom. The van der Waals surface area contributed by atoms with E-state index in [0.717, 1.165) is 54.6 Å². The molecule has 0 fully saturated rings. The van der Waals surface area contributed by atoms with E-state index in [-0.39, 0.29) is 0 Å². The van der Waals surface area contributed by atoms with Gasteiger partial charge in [0.05, 0.1) is 12.7 Å². The zero-order chi connectivity index (χ0) is 17.5. The van der Waals surface area contributed by atoms with Crippen molar-refractivity contribution in [2.75, 3.05) is 19.9 Å². The Bertz CT molecular complexity index is 726. The first-order valence-electron chi connectivity index (χ1n) is 8.66. The van der Waals surface area contributed by atoms with Gasteiger partial charge in [-0.25, -0.2) is 4.99 Å². The fraction of sp³-hybridized carbons (Fsp3) is 0.444. The van der Waals surface area contributed by atoms with Crippen LogP contribution in [0.3, 0.4) is 0 Å². The number of aromatic amines is 1. The molecule has 1 aliphatic rings. The number of fused-ring (bicyclic) bond motifs is 1. The van der Waals surface area contributed by atoms with Crippen LogP contribution in [0.1, 0.15) is 30.2 Å². The first kappa shape index (κ1) is 17.1. The third-order valence-electron chi connectivity index (χ3n) is 4.05. The monoisotopic (exact) mass is 343 g/mol. The minimum atomic E-state index is 0.294. The number of H-pyrrole nitrogens is 1. The summed E-state index contributed by atoms with van der Waals surface area (Å²) < 4.78 is 10.7. The normalized spacial score (nSPS) is 13.1. The molecule has 7 heteroatoms. The Morgan fingerprint density at radius 2 is 2.16 bits per heavy atom. The van der Waals surface area contributed by atoms with Crippen molar-refractivity contribution < 1.29 is 9.47 Å². The van der Waals surface area contributed by atoms with Crippen LogP contribution in [-0.2, 0) is 13.0 Å². The number of benzene rings is 1. The van der Waals surface area contributed by atoms with Crippen LogP contribution in [0.25, 0.3) is 0 Å². The maximum Gasteiger partial charge on any atom is 0.231 e. The highest BCUT2D eigenvalue weighted by Gasteiger charge is 2.12. The lowest BCUT2D eigenvalue weighted by Gasteiger charge is -2.11. The SMILES string of the molecule is CCNC(=NCc1ccc2c(c1)OCO2)NCCCc1cn[nH]c1C. The fourth-order valence-corrected chi connectivity index (χ4v) is 2.66. The van der Waals surface area contributed by atoms with Gasteiger partial charge < -0.3 is 20.1 Å². The van der Waals surface area contributed by atoms with E-state index in [1.165, 1.54) is 5.56 Å². The van der Waals surface area contributed by atoms with E-state index in [0.29, 0.717) is 13.3 Å². The second-order valence-electron chi connectivity index (χ2n) is 5.93. The predicted molar refractivity (Wildman–Crippen MR) is 97.0 cm³/mol. The van der Waals surface area contributed by atoms with E-state index < -0.39 is 0 Å². The zero-order valence-electron chi connectivity index (χ0n) is 14.8. The van der Waals surface area contributed by atoms with Crippen LogP contribution in [0, 0.1) is 6.92 Å². The molecule has 1 aromatic carbocycles. The number of aromatic nitrogens is 2. The second-order valence-corrected chi connectivity index (χ2v) is 5.93. The topological polar surface area (TPSA) is 83.6 Å². The van der Waals surface area contributed by atoms with Crippen LogP contribution in [0.4, 0.5) is 0 Å². The van der Waals surface area contributed by atoms with Gasteiger partial charge in [-0.15, -0.1) is 0 Å². The van der Waals surface area contributed by atoms with Gasteiger partial charge in [-0.3, -0.25) is 5.10 Å². The Labute approximate surface area is 147 Å². The van der Waals surface area contributed by atoms with Gasteiger partial charge in [0.1, 0.15) is 0 Å². The molecule has 1 aromatic heterocycles. The number of hydrogen-bond donors (Lipinski definition) is 3. The third-order valence-corrected chi connectivity index (χ3v) is 4.05. The van der Waals surface area contributed by atoms with Gasteiger partial charge in [-0.1, -0.05) is 6.07 Å². The maximum absolute atomic E-state index is 5.41. The van der Waals surface area contributed by atoms with Crippen LogP contribution in [0.5, 0.6) is 11.5 Å². The molecule has 0 radical (unpaired) electrons. The lowest BCUT2D eigenvalue weighted by Crippen LogP contribution is -2.37. The standard InChI is InChI=1S/C18H25N5O2/c1-3-19-18(20-8-4-5-15-11-22-23-13(15)2)21-10-14-6-7-16-17(9-14)25-12-24-16/h6-7,9,11H,3-5,8,10,12H2,1-2H3,(H,22,23)(H2,19,20,21). The minimum Gasteiger partial charge on any atom is -0.454 e. The molecule has 3 rings (SSSR count). The summed E-state index contributed by atoms with van der Waals surface area (Å²) in [6.45, 7) is 6.68. The summed E-state index contributed by atoms with van der Waals surface area (Å²) in [5, 5.41) is 13.7. The van der Waals surface area contributed by atoms with Gasteiger partial charge >= 0.3 is 0 Å². The Hall–Kier alpha value is -2.70. The number of nitrogens with one attached hydrogen (secondary N) is 3. The highest BCUT2D eigenvalue weighted by Crippen LogP contribution is 2.32. The van der Waals surface area contributed by atoms with E-state index in [1.54, 1.807) is 0 Å². The number of guanidine groups is 1. The lowest BCUT2D eigenvalue weighted by atomic mass is 10.1. The molecular formula is C18H25N5O2. The second kappa shape index (κ2) is 8.41. The summed E-state index contributed by atoms with van der Waals surface area (Å²) in [7, 11) is 0. The first-order valence-corrected chi connectivity index (χ1v) is 8.66. The molecule has 1 aliphatic heterocycles. The van der Waals surface area contributed by atoms with Crippen LogP contribution in [0.2, 0.25) is 0 Å². The quantitative estimate of drug-likeness (QED) is 0.407. The van der Waals surface area contributed by atoms with Crippen molar-refractivity contribution >= 4 is 5.96 Å². The van der Waals surface area contributed by atoms with E-state index >= 15 is 0 Å². The molecule has 25 heavy (non-hydrogen) atoms. The van der Waals surface area contributed by atoms with Crippen molar-refractivity contribution in [1.29, 1.82) is 0 Å². The van der Waals surface area contributed by atoms with Crippen LogP contribution in [0.15, 0.2) is 29.4 Å². The molecule has 0 saturated heterocycles. The Balaban J connectivity index is 1.49. The fourth-order valence-electron chi connectivity index (χ4n) is 2.66. The van der Waals surface area contributed by atoms with Gasteiger partial charge in [0.25, 0.3) is 0 Å². The average Bonchev–Trinajstić information content (AvgIpc) is 3.24. The van der Waals surface area contributed by atoms with E-state index in [2.05, 4.69) is 32.7 Å². The van der Waals surface area contributed by atoms with Crippen molar-refractivity contribution in [2.45, 2.75) is 33.2 Å². The highest BCUT2D eigenvalue weighted by molar-refractivity contribution is 5.79. The predicted octanol–water partition coefficient (Wildman–Crippen LogP) is 2.13. The Morgan fingerprint density at radius 1 is 1.28 bits per heavy atom. The van der Waals surface area contributed by atoms with Gasteiger partial charge in [0.15, 0.2) is 17.5 Å². The largest absolute Gasteiger partial charge is 0.454 e. The molecule has 0 amide bonds. The molecule has 0 bridgehead atoms. The van der Waals surface area contributed by atoms with Gasteiger partial charge in [-0.05, 0) is 49.9 Å².